The first kappa shape index (κ1) is 20.4. The molecule has 0 saturated heterocycles. The van der Waals surface area contributed by atoms with Crippen molar-refractivity contribution in [3.63, 3.8) is 0 Å². The zero-order chi connectivity index (χ0) is 18.5. The van der Waals surface area contributed by atoms with Crippen molar-refractivity contribution < 1.29 is 31.4 Å². The number of carbonyl (C=O) groups is 1. The van der Waals surface area contributed by atoms with Gasteiger partial charge in [0, 0.05) is 7.11 Å². The maximum absolute atomic E-state index is 13.8. The van der Waals surface area contributed by atoms with Crippen LogP contribution in [0, 0.1) is 17.5 Å². The average Bonchev–Trinajstić information content (AvgIpc) is 2.55. The van der Waals surface area contributed by atoms with Crippen LogP contribution in [0.3, 0.4) is 0 Å². The Morgan fingerprint density at radius 3 is 2.33 bits per heavy atom. The third-order valence-corrected chi connectivity index (χ3v) is 6.20. The van der Waals surface area contributed by atoms with Crippen LogP contribution >= 0.6 is 0 Å². The van der Waals surface area contributed by atoms with E-state index in [-0.39, 0.29) is 6.42 Å². The number of carbonyl (C=O) groups excluding carboxylic acids is 1. The number of hydrogen-bond acceptors (Lipinski definition) is 2. The zero-order valence-electron chi connectivity index (χ0n) is 13.6. The molecule has 24 heavy (non-hydrogen) atoms. The first-order valence-electron chi connectivity index (χ1n) is 7.22. The molecule has 0 aliphatic heterocycles. The molecule has 0 unspecified atom stereocenters. The first-order valence-corrected chi connectivity index (χ1v) is 10.3. The van der Waals surface area contributed by atoms with Gasteiger partial charge in [0.05, 0.1) is 6.54 Å². The molecule has 0 N–H and O–H groups in total. The number of unbranched alkanes of at least 4 members (excludes halogenated alkanes) is 1. The summed E-state index contributed by atoms with van der Waals surface area (Å²) in [7, 11) is -0.215. The number of benzene rings is 1. The molecule has 0 spiro atoms. The molecule has 0 radical (unpaired) electrons. The van der Waals surface area contributed by atoms with Crippen molar-refractivity contribution in [1.82, 2.24) is 5.12 Å². The molecule has 0 heterocycles. The molecule has 0 saturated carbocycles. The molecule has 1 aromatic rings. The minimum atomic E-state index is -1.94. The highest BCUT2D eigenvalue weighted by molar-refractivity contribution is 6.71. The molecule has 0 aliphatic rings. The lowest BCUT2D eigenvalue weighted by molar-refractivity contribution is 0.0620. The lowest BCUT2D eigenvalue weighted by Crippen LogP contribution is -2.35. The van der Waals surface area contributed by atoms with E-state index in [1.165, 1.54) is 0 Å². The zero-order valence-corrected chi connectivity index (χ0v) is 14.6. The van der Waals surface area contributed by atoms with Crippen LogP contribution in [0.4, 0.5) is 32.6 Å². The van der Waals surface area contributed by atoms with Crippen molar-refractivity contribution in [1.29, 1.82) is 0 Å². The number of rotatable bonds is 7. The van der Waals surface area contributed by atoms with Crippen LogP contribution in [0.1, 0.15) is 12.8 Å². The van der Waals surface area contributed by atoms with E-state index < -0.39 is 54.3 Å². The van der Waals surface area contributed by atoms with Gasteiger partial charge in [-0.3, -0.25) is 0 Å². The van der Waals surface area contributed by atoms with E-state index >= 15 is 0 Å². The summed E-state index contributed by atoms with van der Waals surface area (Å²) in [5.41, 5.74) is -1.20. The van der Waals surface area contributed by atoms with Gasteiger partial charge in [0.1, 0.15) is 5.69 Å². The van der Waals surface area contributed by atoms with Gasteiger partial charge in [0.25, 0.3) is 0 Å². The second-order valence-corrected chi connectivity index (χ2v) is 10.2. The normalized spacial score (nSPS) is 11.5. The topological polar surface area (TPSA) is 32.8 Å². The first-order chi connectivity index (χ1) is 11.1. The van der Waals surface area contributed by atoms with Crippen molar-refractivity contribution in [3.8, 4) is 0 Å². The van der Waals surface area contributed by atoms with Gasteiger partial charge in [0.15, 0.2) is 25.8 Å². The van der Waals surface area contributed by atoms with Crippen molar-refractivity contribution in [2.75, 3.05) is 18.8 Å². The summed E-state index contributed by atoms with van der Waals surface area (Å²) in [5.74, 6) is -5.40. The van der Waals surface area contributed by atoms with Crippen molar-refractivity contribution in [2.24, 2.45) is 0 Å². The molecule has 0 bridgehead atoms. The Kier molecular flexibility index (Phi) is 7.15. The fourth-order valence-corrected chi connectivity index (χ4v) is 3.17. The number of nitrogens with zero attached hydrogens (tertiary/aromatic N) is 2. The molecular weight excluding hydrogens is 351 g/mol. The number of halogens is 5. The maximum Gasteiger partial charge on any atom is 0.381 e. The van der Waals surface area contributed by atoms with Crippen LogP contribution in [-0.4, -0.2) is 33.1 Å². The van der Waals surface area contributed by atoms with Crippen molar-refractivity contribution >= 4 is 20.0 Å². The van der Waals surface area contributed by atoms with E-state index in [0.717, 1.165) is 6.04 Å². The molecule has 0 atom stereocenters. The van der Waals surface area contributed by atoms with Gasteiger partial charge >= 0.3 is 6.03 Å². The fraction of sp³-hybridized carbons (Fsp3) is 0.500. The van der Waals surface area contributed by atoms with Crippen LogP contribution in [0.25, 0.3) is 0 Å². The number of hydrogen-bond donors (Lipinski definition) is 0. The summed E-state index contributed by atoms with van der Waals surface area (Å²) in [6.07, 6.45) is 0.808. The van der Waals surface area contributed by atoms with E-state index in [1.807, 2.05) is 13.1 Å². The van der Waals surface area contributed by atoms with Gasteiger partial charge in [-0.1, -0.05) is 15.4 Å². The molecule has 4 nitrogen and oxygen atoms in total. The van der Waals surface area contributed by atoms with E-state index in [4.69, 9.17) is 4.43 Å². The highest BCUT2D eigenvalue weighted by atomic mass is 28.4. The van der Waals surface area contributed by atoms with Crippen LogP contribution in [0.5, 0.6) is 0 Å². The van der Waals surface area contributed by atoms with Gasteiger partial charge < -0.3 is 4.43 Å². The summed E-state index contributed by atoms with van der Waals surface area (Å²) < 4.78 is 71.9. The standard InChI is InChI=1S/C14H19F5N2O2Si/c1-23-24(2,3)9-5-4-8-20(18)14(22)21(19)11-7-6-10(15)12(16)13(11)17/h6-7H,4-5,8-9H2,1-3H3. The smallest absolute Gasteiger partial charge is 0.381 e. The summed E-state index contributed by atoms with van der Waals surface area (Å²) in [6, 6.07) is -0.147. The number of urea groups is 1. The minimum absolute atomic E-state index is 0.246. The van der Waals surface area contributed by atoms with Crippen LogP contribution in [-0.2, 0) is 4.43 Å². The Labute approximate surface area is 137 Å². The lowest BCUT2D eigenvalue weighted by atomic mass is 10.3. The third kappa shape index (κ3) is 5.16. The van der Waals surface area contributed by atoms with Crippen LogP contribution < -0.4 is 5.12 Å². The Balaban J connectivity index is 2.61. The summed E-state index contributed by atoms with van der Waals surface area (Å²) in [6.45, 7) is 3.53. The largest absolute Gasteiger partial charge is 0.420 e. The van der Waals surface area contributed by atoms with Crippen molar-refractivity contribution in [2.45, 2.75) is 32.0 Å². The highest BCUT2D eigenvalue weighted by Crippen LogP contribution is 2.25. The molecule has 10 heteroatoms. The highest BCUT2D eigenvalue weighted by Gasteiger charge is 2.28. The Bertz CT molecular complexity index is 589. The summed E-state index contributed by atoms with van der Waals surface area (Å²) in [5, 5.41) is -1.34. The second-order valence-electron chi connectivity index (χ2n) is 5.76. The van der Waals surface area contributed by atoms with E-state index in [9.17, 15) is 26.9 Å². The van der Waals surface area contributed by atoms with Gasteiger partial charge in [-0.25, -0.2) is 18.0 Å². The molecular formula is C14H19F5N2O2Si. The number of anilines is 1. The quantitative estimate of drug-likeness (QED) is 0.228. The summed E-state index contributed by atoms with van der Waals surface area (Å²) >= 11 is 0. The summed E-state index contributed by atoms with van der Waals surface area (Å²) in [4.78, 5) is 11.5. The predicted molar refractivity (Wildman–Crippen MR) is 81.6 cm³/mol. The molecule has 2 amide bonds. The minimum Gasteiger partial charge on any atom is -0.420 e. The SMILES string of the molecule is CO[Si](C)(C)CCCCN(F)C(=O)N(F)c1ccc(F)c(F)c1F. The van der Waals surface area contributed by atoms with Crippen LogP contribution in [0.15, 0.2) is 12.1 Å². The molecule has 0 aromatic heterocycles. The average molecular weight is 370 g/mol. The Morgan fingerprint density at radius 1 is 1.12 bits per heavy atom. The maximum atomic E-state index is 13.8. The molecule has 0 fully saturated rings. The van der Waals surface area contributed by atoms with Gasteiger partial charge in [0.2, 0.25) is 0 Å². The monoisotopic (exact) mass is 370 g/mol. The van der Waals surface area contributed by atoms with Gasteiger partial charge in [-0.2, -0.15) is 5.12 Å². The fourth-order valence-electron chi connectivity index (χ4n) is 1.86. The van der Waals surface area contributed by atoms with E-state index in [0.29, 0.717) is 18.6 Å². The van der Waals surface area contributed by atoms with Gasteiger partial charge in [-0.05, 0) is 37.7 Å². The second kappa shape index (κ2) is 8.43. The number of amides is 2. The lowest BCUT2D eigenvalue weighted by Gasteiger charge is -2.21. The molecule has 1 aromatic carbocycles. The third-order valence-electron chi connectivity index (χ3n) is 3.54. The van der Waals surface area contributed by atoms with E-state index in [2.05, 4.69) is 0 Å². The predicted octanol–water partition coefficient (Wildman–Crippen LogP) is 4.73. The van der Waals surface area contributed by atoms with Crippen molar-refractivity contribution in [3.05, 3.63) is 29.6 Å². The Morgan fingerprint density at radius 2 is 1.75 bits per heavy atom. The molecule has 136 valence electrons. The van der Waals surface area contributed by atoms with Crippen LogP contribution in [0.2, 0.25) is 19.1 Å². The Hall–Kier alpha value is -1.68. The van der Waals surface area contributed by atoms with Gasteiger partial charge in [-0.15, -0.1) is 5.12 Å². The molecule has 1 rings (SSSR count). The molecule has 0 aliphatic carbocycles. The van der Waals surface area contributed by atoms with E-state index in [1.54, 1.807) is 7.11 Å².